The Hall–Kier alpha value is -0.745. The fourth-order valence-electron chi connectivity index (χ4n) is 0.364. The fraction of sp³-hybridized carbons (Fsp3) is 0.250. The molecule has 0 saturated heterocycles. The van der Waals surface area contributed by atoms with Gasteiger partial charge in [0, 0.05) is 0 Å². The lowest BCUT2D eigenvalue weighted by atomic mass is 10.4. The van der Waals surface area contributed by atoms with Gasteiger partial charge >= 0.3 is 7.47 Å². The molecule has 0 radical (unpaired) electrons. The molecule has 0 spiro atoms. The number of aliphatic imine (C=N–C) groups is 1. The molecule has 0 aromatic heterocycles. The number of nitrogens with one attached hydrogen (secondary N) is 1. The molecule has 0 aromatic carbocycles. The zero-order valence-electron chi connectivity index (χ0n) is 5.42. The van der Waals surface area contributed by atoms with E-state index >= 15 is 0 Å². The first-order chi connectivity index (χ1) is 4.63. The predicted molar refractivity (Wildman–Crippen MR) is 32.5 cm³/mol. The first kappa shape index (κ1) is 9.25. The zero-order chi connectivity index (χ0) is 7.98. The first-order valence-corrected chi connectivity index (χ1v) is 2.60. The summed E-state index contributed by atoms with van der Waals surface area (Å²) in [6, 6.07) is 0. The Kier molecular flexibility index (Phi) is 4.69. The van der Waals surface area contributed by atoms with Gasteiger partial charge in [0.25, 0.3) is 0 Å². The summed E-state index contributed by atoms with van der Waals surface area (Å²) in [5, 5.41) is 8.19. The lowest BCUT2D eigenvalue weighted by Crippen LogP contribution is -3.01. The highest BCUT2D eigenvalue weighted by molar-refractivity contribution is 6.30. The molecule has 1 rings (SSSR count). The van der Waals surface area contributed by atoms with Gasteiger partial charge in [-0.1, -0.05) is 0 Å². The Balaban J connectivity index is 0.000000180. The van der Waals surface area contributed by atoms with E-state index in [1.165, 1.54) is 4.90 Å². The van der Waals surface area contributed by atoms with Crippen LogP contribution in [0, 0.1) is 0 Å². The zero-order valence-corrected chi connectivity index (χ0v) is 5.42. The third kappa shape index (κ3) is 7.25. The Morgan fingerprint density at radius 1 is 1.60 bits per heavy atom. The van der Waals surface area contributed by atoms with Crippen molar-refractivity contribution in [3.8, 4) is 0 Å². The largest absolute Gasteiger partial charge is 0.824 e. The molecule has 1 N–H and O–H groups in total. The van der Waals surface area contributed by atoms with Crippen LogP contribution in [0.1, 0.15) is 0 Å². The standard InChI is InChI=1S/C4H6N2.BF2O/c1-6-3-2-5-4-6;2-1(3)4/h2-4H,1H3;/q;-1/p+1. The van der Waals surface area contributed by atoms with Crippen LogP contribution in [0.3, 0.4) is 0 Å². The highest BCUT2D eigenvalue weighted by atomic mass is 19.2. The molecule has 0 amide bonds. The van der Waals surface area contributed by atoms with Gasteiger partial charge in [-0.05, 0) is 0 Å². The average molecular weight is 148 g/mol. The number of hydrogen-bond acceptors (Lipinski definition) is 2. The molecule has 6 heteroatoms. The highest BCUT2D eigenvalue weighted by Crippen LogP contribution is 1.66. The minimum atomic E-state index is -3.42. The molecule has 0 bridgehead atoms. The molecule has 0 aromatic rings. The molecule has 1 aliphatic rings. The Morgan fingerprint density at radius 2 is 2.10 bits per heavy atom. The van der Waals surface area contributed by atoms with E-state index in [1.807, 2.05) is 19.6 Å². The molecule has 1 unspecified atom stereocenters. The first-order valence-electron chi connectivity index (χ1n) is 2.60. The van der Waals surface area contributed by atoms with Crippen LogP contribution in [0.5, 0.6) is 0 Å². The van der Waals surface area contributed by atoms with Crippen molar-refractivity contribution in [3.05, 3.63) is 12.4 Å². The Bertz CT molecular complexity index is 124. The Labute approximate surface area is 57.9 Å². The lowest BCUT2D eigenvalue weighted by Gasteiger charge is -1.87. The topological polar surface area (TPSA) is 39.9 Å². The van der Waals surface area contributed by atoms with Gasteiger partial charge in [0.2, 0.25) is 0 Å². The van der Waals surface area contributed by atoms with Crippen LogP contribution in [0.4, 0.5) is 8.63 Å². The van der Waals surface area contributed by atoms with E-state index in [4.69, 9.17) is 5.02 Å². The predicted octanol–water partition coefficient (Wildman–Crippen LogP) is -1.72. The van der Waals surface area contributed by atoms with Crippen molar-refractivity contribution in [1.29, 1.82) is 0 Å². The summed E-state index contributed by atoms with van der Waals surface area (Å²) >= 11 is 0. The second kappa shape index (κ2) is 5.07. The molecule has 1 aliphatic heterocycles. The molecular formula is C4H7BF2N2O. The van der Waals surface area contributed by atoms with E-state index < -0.39 is 7.47 Å². The van der Waals surface area contributed by atoms with E-state index in [0.29, 0.717) is 0 Å². The fourth-order valence-corrected chi connectivity index (χ4v) is 0.364. The van der Waals surface area contributed by atoms with Crippen LogP contribution in [-0.2, 0) is 0 Å². The quantitative estimate of drug-likeness (QED) is 0.408. The third-order valence-electron chi connectivity index (χ3n) is 0.702. The summed E-state index contributed by atoms with van der Waals surface area (Å²) < 4.78 is 19.6. The number of halogens is 2. The van der Waals surface area contributed by atoms with Gasteiger partial charge in [-0.3, -0.25) is 4.90 Å². The number of nitrogens with zero attached hydrogens (tertiary/aromatic N) is 1. The molecule has 3 nitrogen and oxygen atoms in total. The molecule has 0 aliphatic carbocycles. The molecule has 1 heterocycles. The molecule has 1 atom stereocenters. The van der Waals surface area contributed by atoms with Crippen molar-refractivity contribution in [2.75, 3.05) is 7.05 Å². The number of quaternary nitrogens is 1. The van der Waals surface area contributed by atoms with Crippen molar-refractivity contribution < 1.29 is 18.6 Å². The maximum absolute atomic E-state index is 9.78. The summed E-state index contributed by atoms with van der Waals surface area (Å²) in [7, 11) is -1.40. The molecule has 10 heavy (non-hydrogen) atoms. The van der Waals surface area contributed by atoms with Crippen LogP contribution >= 0.6 is 0 Å². The third-order valence-corrected chi connectivity index (χ3v) is 0.702. The number of hydrogen-bond donors (Lipinski definition) is 1. The summed E-state index contributed by atoms with van der Waals surface area (Å²) in [5.41, 5.74) is 0. The van der Waals surface area contributed by atoms with Gasteiger partial charge in [0.15, 0.2) is 6.34 Å². The smallest absolute Gasteiger partial charge is 0.447 e. The highest BCUT2D eigenvalue weighted by Gasteiger charge is 1.91. The van der Waals surface area contributed by atoms with Crippen molar-refractivity contribution in [3.63, 3.8) is 0 Å². The second-order valence-corrected chi connectivity index (χ2v) is 1.60. The van der Waals surface area contributed by atoms with E-state index in [0.717, 1.165) is 0 Å². The van der Waals surface area contributed by atoms with Crippen LogP contribution in [-0.4, -0.2) is 20.9 Å². The summed E-state index contributed by atoms with van der Waals surface area (Å²) in [5.74, 6) is 0. The van der Waals surface area contributed by atoms with Gasteiger partial charge in [0.1, 0.15) is 6.20 Å². The minimum absolute atomic E-state index is 1.23. The van der Waals surface area contributed by atoms with Gasteiger partial charge in [-0.2, -0.15) is 0 Å². The van der Waals surface area contributed by atoms with Crippen molar-refractivity contribution in [2.24, 2.45) is 4.99 Å². The summed E-state index contributed by atoms with van der Waals surface area (Å²) in [4.78, 5) is 5.05. The van der Waals surface area contributed by atoms with E-state index in [9.17, 15) is 8.63 Å². The maximum atomic E-state index is 9.78. The van der Waals surface area contributed by atoms with Crippen LogP contribution in [0.25, 0.3) is 0 Å². The van der Waals surface area contributed by atoms with Gasteiger partial charge in [0.05, 0.1) is 13.2 Å². The van der Waals surface area contributed by atoms with E-state index in [-0.39, 0.29) is 0 Å². The van der Waals surface area contributed by atoms with Gasteiger partial charge in [-0.15, -0.1) is 0 Å². The SMILES string of the molecule is C[NH+]1C=CN=C1.[O-]B(F)F. The molecule has 56 valence electrons. The molecule has 0 saturated carbocycles. The molecule has 0 fully saturated rings. The van der Waals surface area contributed by atoms with Crippen LogP contribution in [0.15, 0.2) is 17.4 Å². The molecular weight excluding hydrogens is 141 g/mol. The van der Waals surface area contributed by atoms with Gasteiger partial charge in [-0.25, -0.2) is 4.99 Å². The maximum Gasteiger partial charge on any atom is 0.447 e. The Morgan fingerprint density at radius 3 is 2.20 bits per heavy atom. The average Bonchev–Trinajstić information content (AvgIpc) is 2.15. The normalized spacial score (nSPS) is 20.2. The lowest BCUT2D eigenvalue weighted by molar-refractivity contribution is -0.709. The van der Waals surface area contributed by atoms with Gasteiger partial charge < -0.3 is 13.7 Å². The van der Waals surface area contributed by atoms with Crippen molar-refractivity contribution >= 4 is 13.8 Å². The minimum Gasteiger partial charge on any atom is -0.824 e. The monoisotopic (exact) mass is 148 g/mol. The van der Waals surface area contributed by atoms with Crippen molar-refractivity contribution in [2.45, 2.75) is 0 Å². The summed E-state index contributed by atoms with van der Waals surface area (Å²) in [6.07, 6.45) is 5.59. The van der Waals surface area contributed by atoms with E-state index in [2.05, 4.69) is 4.99 Å². The van der Waals surface area contributed by atoms with Crippen LogP contribution in [0.2, 0.25) is 0 Å². The summed E-state index contributed by atoms with van der Waals surface area (Å²) in [6.45, 7) is 0. The van der Waals surface area contributed by atoms with Crippen LogP contribution < -0.4 is 9.92 Å². The second-order valence-electron chi connectivity index (χ2n) is 1.60. The number of rotatable bonds is 0. The van der Waals surface area contributed by atoms with E-state index in [1.54, 1.807) is 6.20 Å². The van der Waals surface area contributed by atoms with Crippen molar-refractivity contribution in [1.82, 2.24) is 0 Å².